The zero-order valence-electron chi connectivity index (χ0n) is 12.9. The number of aliphatic imine (C=N–C) groups is 1. The lowest BCUT2D eigenvalue weighted by molar-refractivity contribution is 0.559. The normalized spacial score (nSPS) is 13.5. The van der Waals surface area contributed by atoms with Crippen LogP contribution in [0.1, 0.15) is 31.4 Å². The molecular weight excluding hydrogens is 320 g/mol. The minimum absolute atomic E-state index is 0.196. The van der Waals surface area contributed by atoms with E-state index in [1.807, 2.05) is 19.9 Å². The molecule has 1 aromatic heterocycles. The van der Waals surface area contributed by atoms with Crippen molar-refractivity contribution in [2.24, 2.45) is 10.7 Å². The molecule has 0 aliphatic rings. The van der Waals surface area contributed by atoms with Crippen LogP contribution < -0.4 is 11.4 Å². The Labute approximate surface area is 138 Å². The number of benzene rings is 1. The molecule has 0 saturated carbocycles. The van der Waals surface area contributed by atoms with E-state index in [0.717, 1.165) is 22.9 Å². The first-order valence-corrected chi connectivity index (χ1v) is 8.46. The summed E-state index contributed by atoms with van der Waals surface area (Å²) in [6.45, 7) is 5.95. The highest BCUT2D eigenvalue weighted by atomic mass is 35.5. The third-order valence-corrected chi connectivity index (χ3v) is 4.69. The smallest absolute Gasteiger partial charge is 0.336 e. The molecule has 6 heteroatoms. The van der Waals surface area contributed by atoms with Crippen LogP contribution in [0, 0.1) is 6.92 Å². The number of nitrogens with two attached hydrogens (primary N) is 1. The topological polar surface area (TPSA) is 68.6 Å². The number of nitrogens with zero attached hydrogens (tertiary/aromatic N) is 1. The first-order valence-electron chi connectivity index (χ1n) is 7.09. The van der Waals surface area contributed by atoms with Crippen molar-refractivity contribution in [3.8, 4) is 0 Å². The summed E-state index contributed by atoms with van der Waals surface area (Å²) in [6.07, 6.45) is 0.938. The Morgan fingerprint density at radius 1 is 1.45 bits per heavy atom. The fourth-order valence-corrected chi connectivity index (χ4v) is 2.93. The quantitative estimate of drug-likeness (QED) is 0.517. The Bertz CT molecular complexity index is 771. The van der Waals surface area contributed by atoms with Gasteiger partial charge in [-0.2, -0.15) is 0 Å². The van der Waals surface area contributed by atoms with Crippen LogP contribution >= 0.6 is 23.4 Å². The van der Waals surface area contributed by atoms with Crippen molar-refractivity contribution in [1.29, 1.82) is 0 Å². The average Bonchev–Trinajstić information content (AvgIpc) is 2.46. The molecule has 1 atom stereocenters. The molecule has 0 amide bonds. The van der Waals surface area contributed by atoms with Crippen molar-refractivity contribution < 1.29 is 4.42 Å². The van der Waals surface area contributed by atoms with Gasteiger partial charge in [0.25, 0.3) is 0 Å². The minimum Gasteiger partial charge on any atom is -0.423 e. The van der Waals surface area contributed by atoms with Gasteiger partial charge >= 0.3 is 5.63 Å². The fourth-order valence-electron chi connectivity index (χ4n) is 1.97. The molecular formula is C16H19ClN2O2S. The van der Waals surface area contributed by atoms with Crippen molar-refractivity contribution in [1.82, 2.24) is 0 Å². The number of hydrogen-bond acceptors (Lipinski definition) is 4. The third kappa shape index (κ3) is 4.05. The van der Waals surface area contributed by atoms with E-state index in [1.54, 1.807) is 6.07 Å². The summed E-state index contributed by atoms with van der Waals surface area (Å²) in [7, 11) is 0. The van der Waals surface area contributed by atoms with Crippen LogP contribution in [0.25, 0.3) is 11.0 Å². The van der Waals surface area contributed by atoms with Gasteiger partial charge in [0.05, 0.1) is 0 Å². The molecule has 2 N–H and O–H groups in total. The van der Waals surface area contributed by atoms with Gasteiger partial charge in [0.15, 0.2) is 5.17 Å². The van der Waals surface area contributed by atoms with E-state index >= 15 is 0 Å². The van der Waals surface area contributed by atoms with E-state index in [-0.39, 0.29) is 11.7 Å². The standard InChI is InChI=1S/C16H19ClN2O2S/c1-4-10(3)19-16(18)22-8-11-6-15(20)21-14-5-9(2)13(17)7-12(11)14/h5-7,10H,4,8H2,1-3H3,(H2,18,19)/t10-/m0/s1. The third-order valence-electron chi connectivity index (χ3n) is 3.42. The number of fused-ring (bicyclic) bond motifs is 1. The SMILES string of the molecule is CC[C@H](C)N=C(N)SCc1cc(=O)oc2cc(C)c(Cl)cc12. The largest absolute Gasteiger partial charge is 0.423 e. The monoisotopic (exact) mass is 338 g/mol. The zero-order valence-corrected chi connectivity index (χ0v) is 14.4. The van der Waals surface area contributed by atoms with Gasteiger partial charge in [-0.1, -0.05) is 30.3 Å². The maximum absolute atomic E-state index is 11.7. The van der Waals surface area contributed by atoms with E-state index < -0.39 is 0 Å². The Kier molecular flexibility index (Phi) is 5.53. The maximum atomic E-state index is 11.7. The van der Waals surface area contributed by atoms with Crippen LogP contribution in [0.5, 0.6) is 0 Å². The lowest BCUT2D eigenvalue weighted by Gasteiger charge is -2.08. The van der Waals surface area contributed by atoms with Crippen molar-refractivity contribution in [2.45, 2.75) is 39.0 Å². The first-order chi connectivity index (χ1) is 10.4. The van der Waals surface area contributed by atoms with Crippen molar-refractivity contribution in [2.75, 3.05) is 0 Å². The van der Waals surface area contributed by atoms with Gasteiger partial charge in [-0.25, -0.2) is 4.79 Å². The van der Waals surface area contributed by atoms with Gasteiger partial charge in [-0.3, -0.25) is 4.99 Å². The highest BCUT2D eigenvalue weighted by Crippen LogP contribution is 2.27. The Hall–Kier alpha value is -1.46. The molecule has 0 radical (unpaired) electrons. The zero-order chi connectivity index (χ0) is 16.3. The van der Waals surface area contributed by atoms with Crippen LogP contribution in [-0.4, -0.2) is 11.2 Å². The number of hydrogen-bond donors (Lipinski definition) is 1. The molecule has 0 fully saturated rings. The Balaban J connectivity index is 2.33. The first kappa shape index (κ1) is 16.9. The molecule has 0 saturated heterocycles. The highest BCUT2D eigenvalue weighted by molar-refractivity contribution is 8.13. The van der Waals surface area contributed by atoms with Crippen LogP contribution in [0.4, 0.5) is 0 Å². The molecule has 22 heavy (non-hydrogen) atoms. The lowest BCUT2D eigenvalue weighted by Crippen LogP contribution is -2.11. The fraction of sp³-hybridized carbons (Fsp3) is 0.375. The molecule has 1 aromatic carbocycles. The van der Waals surface area contributed by atoms with Gasteiger partial charge in [0.1, 0.15) is 5.58 Å². The number of rotatable bonds is 4. The maximum Gasteiger partial charge on any atom is 0.336 e. The number of amidine groups is 1. The Morgan fingerprint density at radius 3 is 2.86 bits per heavy atom. The van der Waals surface area contributed by atoms with Crippen LogP contribution in [0.3, 0.4) is 0 Å². The summed E-state index contributed by atoms with van der Waals surface area (Å²) in [6, 6.07) is 5.29. The lowest BCUT2D eigenvalue weighted by atomic mass is 10.1. The molecule has 0 aliphatic carbocycles. The molecule has 1 heterocycles. The predicted molar refractivity (Wildman–Crippen MR) is 94.9 cm³/mol. The average molecular weight is 339 g/mol. The summed E-state index contributed by atoms with van der Waals surface area (Å²) in [5.74, 6) is 0.549. The molecule has 2 aromatic rings. The van der Waals surface area contributed by atoms with Gasteiger partial charge in [0.2, 0.25) is 0 Å². The van der Waals surface area contributed by atoms with E-state index in [0.29, 0.717) is 21.5 Å². The summed E-state index contributed by atoms with van der Waals surface area (Å²) in [4.78, 5) is 16.1. The van der Waals surface area contributed by atoms with E-state index in [2.05, 4.69) is 11.9 Å². The van der Waals surface area contributed by atoms with Gasteiger partial charge in [-0.15, -0.1) is 0 Å². The molecule has 0 unspecified atom stereocenters. The van der Waals surface area contributed by atoms with E-state index in [9.17, 15) is 4.79 Å². The Morgan fingerprint density at radius 2 is 2.18 bits per heavy atom. The number of aryl methyl sites for hydroxylation is 1. The second kappa shape index (κ2) is 7.20. The molecule has 0 aliphatic heterocycles. The molecule has 4 nitrogen and oxygen atoms in total. The predicted octanol–water partition coefficient (Wildman–Crippen LogP) is 4.10. The highest BCUT2D eigenvalue weighted by Gasteiger charge is 2.09. The van der Waals surface area contributed by atoms with Gasteiger partial charge in [-0.05, 0) is 43.5 Å². The van der Waals surface area contributed by atoms with Crippen LogP contribution in [-0.2, 0) is 5.75 Å². The number of halogens is 1. The molecule has 118 valence electrons. The van der Waals surface area contributed by atoms with Crippen LogP contribution in [0.15, 0.2) is 32.4 Å². The molecule has 0 bridgehead atoms. The summed E-state index contributed by atoms with van der Waals surface area (Å²) < 4.78 is 5.24. The summed E-state index contributed by atoms with van der Waals surface area (Å²) in [5.41, 5.74) is 7.81. The summed E-state index contributed by atoms with van der Waals surface area (Å²) in [5, 5.41) is 2.00. The second-order valence-electron chi connectivity index (χ2n) is 5.20. The minimum atomic E-state index is -0.373. The van der Waals surface area contributed by atoms with Crippen molar-refractivity contribution in [3.63, 3.8) is 0 Å². The molecule has 2 rings (SSSR count). The van der Waals surface area contributed by atoms with Gasteiger partial charge in [0, 0.05) is 28.3 Å². The van der Waals surface area contributed by atoms with Crippen molar-refractivity contribution >= 4 is 39.5 Å². The molecule has 0 spiro atoms. The number of thioether (sulfide) groups is 1. The van der Waals surface area contributed by atoms with Crippen LogP contribution in [0.2, 0.25) is 5.02 Å². The van der Waals surface area contributed by atoms with E-state index in [4.69, 9.17) is 21.8 Å². The second-order valence-corrected chi connectivity index (χ2v) is 6.60. The summed E-state index contributed by atoms with van der Waals surface area (Å²) >= 11 is 7.59. The van der Waals surface area contributed by atoms with Gasteiger partial charge < -0.3 is 10.2 Å². The van der Waals surface area contributed by atoms with Crippen molar-refractivity contribution in [3.05, 3.63) is 44.8 Å². The van der Waals surface area contributed by atoms with E-state index in [1.165, 1.54) is 17.8 Å².